The van der Waals surface area contributed by atoms with Crippen molar-refractivity contribution in [3.63, 3.8) is 0 Å². The Morgan fingerprint density at radius 1 is 1.20 bits per heavy atom. The molecule has 0 N–H and O–H groups in total. The zero-order valence-electron chi connectivity index (χ0n) is 15.0. The molecular formula is C17H24N6O2. The molecule has 0 unspecified atom stereocenters. The van der Waals surface area contributed by atoms with Gasteiger partial charge in [-0.25, -0.2) is 14.6 Å². The minimum atomic E-state index is 0.513. The highest BCUT2D eigenvalue weighted by molar-refractivity contribution is 5.56. The maximum Gasteiger partial charge on any atom is 0.182 e. The summed E-state index contributed by atoms with van der Waals surface area (Å²) in [5.74, 6) is 3.11. The molecule has 25 heavy (non-hydrogen) atoms. The van der Waals surface area contributed by atoms with Crippen LogP contribution >= 0.6 is 0 Å². The highest BCUT2D eigenvalue weighted by Crippen LogP contribution is 2.41. The van der Waals surface area contributed by atoms with E-state index in [1.54, 1.807) is 14.2 Å². The van der Waals surface area contributed by atoms with Gasteiger partial charge in [-0.2, -0.15) is 0 Å². The maximum absolute atomic E-state index is 5.61. The topological polar surface area (TPSA) is 78.2 Å². The van der Waals surface area contributed by atoms with Crippen LogP contribution in [0.3, 0.4) is 0 Å². The van der Waals surface area contributed by atoms with Crippen LogP contribution in [0.15, 0.2) is 0 Å². The highest BCUT2D eigenvalue weighted by Gasteiger charge is 2.31. The number of hydrogen-bond donors (Lipinski definition) is 0. The van der Waals surface area contributed by atoms with Crippen molar-refractivity contribution in [2.24, 2.45) is 0 Å². The summed E-state index contributed by atoms with van der Waals surface area (Å²) in [5.41, 5.74) is 3.11. The number of anilines is 1. The monoisotopic (exact) mass is 344 g/mol. The van der Waals surface area contributed by atoms with Crippen molar-refractivity contribution in [2.75, 3.05) is 32.3 Å². The van der Waals surface area contributed by atoms with E-state index >= 15 is 0 Å². The van der Waals surface area contributed by atoms with Gasteiger partial charge < -0.3 is 14.4 Å². The Balaban J connectivity index is 1.62. The largest absolute Gasteiger partial charge is 0.491 e. The zero-order valence-corrected chi connectivity index (χ0v) is 15.0. The normalized spacial score (nSPS) is 16.8. The molecule has 1 fully saturated rings. The van der Waals surface area contributed by atoms with Crippen LogP contribution in [-0.2, 0) is 24.2 Å². The van der Waals surface area contributed by atoms with Crippen LogP contribution in [0.25, 0.3) is 0 Å². The summed E-state index contributed by atoms with van der Waals surface area (Å²) in [7, 11) is 3.38. The third-order valence-electron chi connectivity index (χ3n) is 4.87. The van der Waals surface area contributed by atoms with Gasteiger partial charge in [0.05, 0.1) is 38.2 Å². The SMILES string of the molecule is COCCn1nnc2c1CCN(c1nc(C3CC3)nc(C)c1OC)C2. The first-order valence-electron chi connectivity index (χ1n) is 8.79. The van der Waals surface area contributed by atoms with E-state index in [-0.39, 0.29) is 0 Å². The van der Waals surface area contributed by atoms with E-state index < -0.39 is 0 Å². The lowest BCUT2D eigenvalue weighted by Gasteiger charge is -2.29. The highest BCUT2D eigenvalue weighted by atomic mass is 16.5. The Hall–Kier alpha value is -2.22. The Kier molecular flexibility index (Phi) is 4.29. The van der Waals surface area contributed by atoms with Crippen LogP contribution in [0.1, 0.15) is 41.7 Å². The van der Waals surface area contributed by atoms with Crippen molar-refractivity contribution >= 4 is 5.82 Å². The van der Waals surface area contributed by atoms with E-state index in [9.17, 15) is 0 Å². The third-order valence-corrected chi connectivity index (χ3v) is 4.87. The van der Waals surface area contributed by atoms with Crippen LogP contribution in [0.5, 0.6) is 5.75 Å². The second-order valence-electron chi connectivity index (χ2n) is 6.67. The van der Waals surface area contributed by atoms with Gasteiger partial charge in [-0.1, -0.05) is 5.21 Å². The molecular weight excluding hydrogens is 320 g/mol. The minimum absolute atomic E-state index is 0.513. The van der Waals surface area contributed by atoms with Crippen molar-refractivity contribution in [3.05, 3.63) is 22.9 Å². The summed E-state index contributed by atoms with van der Waals surface area (Å²) < 4.78 is 12.7. The molecule has 1 aliphatic heterocycles. The number of aryl methyl sites for hydroxylation is 1. The summed E-state index contributed by atoms with van der Waals surface area (Å²) in [6.45, 7) is 4.93. The zero-order chi connectivity index (χ0) is 17.4. The van der Waals surface area contributed by atoms with Gasteiger partial charge in [0.1, 0.15) is 11.5 Å². The van der Waals surface area contributed by atoms with Crippen molar-refractivity contribution in [1.82, 2.24) is 25.0 Å². The Morgan fingerprint density at radius 2 is 2.04 bits per heavy atom. The van der Waals surface area contributed by atoms with Gasteiger partial charge >= 0.3 is 0 Å². The van der Waals surface area contributed by atoms with Crippen LogP contribution in [0.2, 0.25) is 0 Å². The van der Waals surface area contributed by atoms with Crippen molar-refractivity contribution < 1.29 is 9.47 Å². The molecule has 0 aromatic carbocycles. The number of ether oxygens (including phenoxy) is 2. The van der Waals surface area contributed by atoms with Crippen molar-refractivity contribution in [3.8, 4) is 5.75 Å². The second-order valence-corrected chi connectivity index (χ2v) is 6.67. The van der Waals surface area contributed by atoms with E-state index in [4.69, 9.17) is 14.5 Å². The number of hydrogen-bond acceptors (Lipinski definition) is 7. The summed E-state index contributed by atoms with van der Waals surface area (Å²) in [6.07, 6.45) is 3.25. The number of fused-ring (bicyclic) bond motifs is 1. The van der Waals surface area contributed by atoms with E-state index in [2.05, 4.69) is 20.2 Å². The molecule has 4 rings (SSSR count). The minimum Gasteiger partial charge on any atom is -0.491 e. The standard InChI is InChI=1S/C17H24N6O2/c1-11-15(25-3)17(19-16(18-11)12-4-5-12)22-7-6-14-13(10-22)20-21-23(14)8-9-24-2/h12H,4-10H2,1-3H3. The van der Waals surface area contributed by atoms with Gasteiger partial charge in [0.25, 0.3) is 0 Å². The fourth-order valence-corrected chi connectivity index (χ4v) is 3.35. The van der Waals surface area contributed by atoms with Gasteiger partial charge in [-0.05, 0) is 19.8 Å². The molecule has 134 valence electrons. The lowest BCUT2D eigenvalue weighted by molar-refractivity contribution is 0.181. The molecule has 2 aliphatic rings. The molecule has 0 atom stereocenters. The molecule has 0 radical (unpaired) electrons. The fourth-order valence-electron chi connectivity index (χ4n) is 3.35. The van der Waals surface area contributed by atoms with Crippen LogP contribution in [0.4, 0.5) is 5.82 Å². The van der Waals surface area contributed by atoms with Gasteiger partial charge in [0.2, 0.25) is 0 Å². The average molecular weight is 344 g/mol. The molecule has 8 nitrogen and oxygen atoms in total. The molecule has 8 heteroatoms. The summed E-state index contributed by atoms with van der Waals surface area (Å²) >= 11 is 0. The molecule has 0 saturated heterocycles. The fraction of sp³-hybridized carbons (Fsp3) is 0.647. The quantitative estimate of drug-likeness (QED) is 0.785. The summed E-state index contributed by atoms with van der Waals surface area (Å²) in [4.78, 5) is 11.7. The van der Waals surface area contributed by atoms with Crippen LogP contribution in [-0.4, -0.2) is 52.3 Å². The van der Waals surface area contributed by atoms with E-state index in [1.807, 2.05) is 11.6 Å². The first-order valence-corrected chi connectivity index (χ1v) is 8.79. The first kappa shape index (κ1) is 16.3. The Morgan fingerprint density at radius 3 is 2.76 bits per heavy atom. The molecule has 0 bridgehead atoms. The second kappa shape index (κ2) is 6.59. The molecule has 3 heterocycles. The predicted molar refractivity (Wildman–Crippen MR) is 91.9 cm³/mol. The summed E-state index contributed by atoms with van der Waals surface area (Å²) in [5, 5.41) is 8.64. The molecule has 2 aromatic rings. The number of aromatic nitrogens is 5. The Bertz CT molecular complexity index is 771. The Labute approximate surface area is 147 Å². The van der Waals surface area contributed by atoms with Crippen LogP contribution in [0, 0.1) is 6.92 Å². The van der Waals surface area contributed by atoms with Crippen LogP contribution < -0.4 is 9.64 Å². The number of nitrogens with zero attached hydrogens (tertiary/aromatic N) is 6. The maximum atomic E-state index is 5.61. The smallest absolute Gasteiger partial charge is 0.182 e. The van der Waals surface area contributed by atoms with Gasteiger partial charge in [-0.3, -0.25) is 0 Å². The molecule has 0 amide bonds. The molecule has 1 saturated carbocycles. The first-order chi connectivity index (χ1) is 12.2. The molecule has 2 aromatic heterocycles. The number of methoxy groups -OCH3 is 2. The average Bonchev–Trinajstić information content (AvgIpc) is 3.40. The predicted octanol–water partition coefficient (Wildman–Crippen LogP) is 1.47. The van der Waals surface area contributed by atoms with Crippen molar-refractivity contribution in [2.45, 2.75) is 45.2 Å². The molecule has 0 spiro atoms. The van der Waals surface area contributed by atoms with Gasteiger partial charge in [-0.15, -0.1) is 5.10 Å². The van der Waals surface area contributed by atoms with E-state index in [1.165, 1.54) is 18.5 Å². The third kappa shape index (κ3) is 3.06. The lowest BCUT2D eigenvalue weighted by Crippen LogP contribution is -2.33. The number of rotatable bonds is 6. The molecule has 1 aliphatic carbocycles. The lowest BCUT2D eigenvalue weighted by atomic mass is 10.1. The van der Waals surface area contributed by atoms with Crippen molar-refractivity contribution in [1.29, 1.82) is 0 Å². The van der Waals surface area contributed by atoms with Gasteiger partial charge in [0, 0.05) is 26.0 Å². The van der Waals surface area contributed by atoms with E-state index in [0.717, 1.165) is 48.3 Å². The van der Waals surface area contributed by atoms with Gasteiger partial charge in [0.15, 0.2) is 11.6 Å². The van der Waals surface area contributed by atoms with E-state index in [0.29, 0.717) is 19.1 Å². The summed E-state index contributed by atoms with van der Waals surface area (Å²) in [6, 6.07) is 0.